The van der Waals surface area contributed by atoms with Gasteiger partial charge in [-0.2, -0.15) is 0 Å². The van der Waals surface area contributed by atoms with Gasteiger partial charge in [0.15, 0.2) is 5.96 Å². The van der Waals surface area contributed by atoms with Gasteiger partial charge in [-0.1, -0.05) is 30.3 Å². The Labute approximate surface area is 176 Å². The minimum atomic E-state index is 0. The van der Waals surface area contributed by atoms with E-state index in [2.05, 4.69) is 64.4 Å². The molecular weight excluding hydrogens is 439 g/mol. The van der Waals surface area contributed by atoms with E-state index in [-0.39, 0.29) is 24.0 Å². The van der Waals surface area contributed by atoms with Crippen LogP contribution in [0.15, 0.2) is 35.3 Å². The largest absolute Gasteiger partial charge is 0.384 e. The molecule has 1 heterocycles. The first-order valence-electron chi connectivity index (χ1n) is 9.32. The van der Waals surface area contributed by atoms with E-state index in [1.165, 1.54) is 12.0 Å². The molecule has 2 atom stereocenters. The van der Waals surface area contributed by atoms with Crippen molar-refractivity contribution < 1.29 is 4.74 Å². The summed E-state index contributed by atoms with van der Waals surface area (Å²) in [6, 6.07) is 11.2. The van der Waals surface area contributed by atoms with Crippen LogP contribution in [0, 0.1) is 5.92 Å². The van der Waals surface area contributed by atoms with Crippen molar-refractivity contribution in [1.29, 1.82) is 0 Å². The third kappa shape index (κ3) is 7.40. The van der Waals surface area contributed by atoms with Crippen LogP contribution in [0.3, 0.4) is 0 Å². The SMILES string of the molecule is CN=C(NCCC(C)N(C)Cc1ccccc1)N1CCC(COC)C1.I. The summed E-state index contributed by atoms with van der Waals surface area (Å²) in [6.07, 6.45) is 2.28. The fourth-order valence-corrected chi connectivity index (χ4v) is 3.37. The fourth-order valence-electron chi connectivity index (χ4n) is 3.37. The zero-order valence-corrected chi connectivity index (χ0v) is 19.0. The number of likely N-dealkylation sites (tertiary alicyclic amines) is 1. The average molecular weight is 474 g/mol. The molecule has 6 heteroatoms. The summed E-state index contributed by atoms with van der Waals surface area (Å²) in [5.41, 5.74) is 1.36. The number of benzene rings is 1. The molecule has 0 aliphatic carbocycles. The van der Waals surface area contributed by atoms with Crippen molar-refractivity contribution in [2.24, 2.45) is 10.9 Å². The fraction of sp³-hybridized carbons (Fsp3) is 0.650. The maximum absolute atomic E-state index is 5.28. The predicted octanol–water partition coefficient (Wildman–Crippen LogP) is 3.06. The smallest absolute Gasteiger partial charge is 0.193 e. The van der Waals surface area contributed by atoms with Crippen molar-refractivity contribution in [3.63, 3.8) is 0 Å². The lowest BCUT2D eigenvalue weighted by molar-refractivity contribution is 0.157. The van der Waals surface area contributed by atoms with E-state index >= 15 is 0 Å². The van der Waals surface area contributed by atoms with Gasteiger partial charge in [0.05, 0.1) is 6.61 Å². The summed E-state index contributed by atoms with van der Waals surface area (Å²) in [5, 5.41) is 3.53. The van der Waals surface area contributed by atoms with Crippen LogP contribution < -0.4 is 5.32 Å². The number of aliphatic imine (C=N–C) groups is 1. The van der Waals surface area contributed by atoms with Crippen LogP contribution in [0.25, 0.3) is 0 Å². The van der Waals surface area contributed by atoms with Gasteiger partial charge >= 0.3 is 0 Å². The van der Waals surface area contributed by atoms with Gasteiger partial charge in [0.25, 0.3) is 0 Å². The molecule has 1 saturated heterocycles. The monoisotopic (exact) mass is 474 g/mol. The maximum Gasteiger partial charge on any atom is 0.193 e. The second kappa shape index (κ2) is 12.5. The van der Waals surface area contributed by atoms with Crippen molar-refractivity contribution in [3.05, 3.63) is 35.9 Å². The van der Waals surface area contributed by atoms with Gasteiger partial charge in [0, 0.05) is 52.3 Å². The number of hydrogen-bond donors (Lipinski definition) is 1. The highest BCUT2D eigenvalue weighted by Crippen LogP contribution is 2.16. The summed E-state index contributed by atoms with van der Waals surface area (Å²) in [5.74, 6) is 1.65. The second-order valence-corrected chi connectivity index (χ2v) is 7.07. The molecular formula is C20H35IN4O. The highest BCUT2D eigenvalue weighted by Gasteiger charge is 2.24. The summed E-state index contributed by atoms with van der Waals surface area (Å²) in [6.45, 7) is 7.17. The molecule has 0 amide bonds. The number of ether oxygens (including phenoxy) is 1. The third-order valence-electron chi connectivity index (χ3n) is 5.07. The number of methoxy groups -OCH3 is 1. The number of halogens is 1. The zero-order valence-electron chi connectivity index (χ0n) is 16.6. The topological polar surface area (TPSA) is 40.1 Å². The van der Waals surface area contributed by atoms with Crippen LogP contribution >= 0.6 is 24.0 Å². The average Bonchev–Trinajstić information content (AvgIpc) is 3.08. The van der Waals surface area contributed by atoms with Gasteiger partial charge in [-0.15, -0.1) is 24.0 Å². The van der Waals surface area contributed by atoms with Crippen molar-refractivity contribution in [3.8, 4) is 0 Å². The van der Waals surface area contributed by atoms with Crippen molar-refractivity contribution in [2.45, 2.75) is 32.4 Å². The molecule has 0 radical (unpaired) electrons. The minimum absolute atomic E-state index is 0. The predicted molar refractivity (Wildman–Crippen MR) is 120 cm³/mol. The van der Waals surface area contributed by atoms with Crippen LogP contribution in [0.1, 0.15) is 25.3 Å². The highest BCUT2D eigenvalue weighted by molar-refractivity contribution is 14.0. The molecule has 2 unspecified atom stereocenters. The van der Waals surface area contributed by atoms with E-state index in [1.807, 2.05) is 7.05 Å². The number of rotatable bonds is 8. The molecule has 26 heavy (non-hydrogen) atoms. The van der Waals surface area contributed by atoms with Gasteiger partial charge in [-0.05, 0) is 32.4 Å². The Hall–Kier alpha value is -0.860. The van der Waals surface area contributed by atoms with E-state index in [4.69, 9.17) is 4.74 Å². The van der Waals surface area contributed by atoms with Gasteiger partial charge in [0.2, 0.25) is 0 Å². The van der Waals surface area contributed by atoms with E-state index in [9.17, 15) is 0 Å². The van der Waals surface area contributed by atoms with Crippen LogP contribution in [-0.2, 0) is 11.3 Å². The van der Waals surface area contributed by atoms with Gasteiger partial charge < -0.3 is 15.0 Å². The lowest BCUT2D eigenvalue weighted by Gasteiger charge is -2.26. The molecule has 1 aromatic carbocycles. The molecule has 1 aliphatic heterocycles. The molecule has 2 rings (SSSR count). The Morgan fingerprint density at radius 1 is 1.38 bits per heavy atom. The quantitative estimate of drug-likeness (QED) is 0.357. The third-order valence-corrected chi connectivity index (χ3v) is 5.07. The van der Waals surface area contributed by atoms with E-state index in [1.54, 1.807) is 7.11 Å². The maximum atomic E-state index is 5.28. The summed E-state index contributed by atoms with van der Waals surface area (Å²) in [4.78, 5) is 9.21. The van der Waals surface area contributed by atoms with Crippen molar-refractivity contribution in [1.82, 2.24) is 15.1 Å². The van der Waals surface area contributed by atoms with E-state index < -0.39 is 0 Å². The number of hydrogen-bond acceptors (Lipinski definition) is 3. The first-order valence-corrected chi connectivity index (χ1v) is 9.32. The molecule has 5 nitrogen and oxygen atoms in total. The summed E-state index contributed by atoms with van der Waals surface area (Å²) < 4.78 is 5.28. The number of guanidine groups is 1. The molecule has 1 aromatic rings. The molecule has 1 fully saturated rings. The molecule has 1 N–H and O–H groups in total. The second-order valence-electron chi connectivity index (χ2n) is 7.07. The van der Waals surface area contributed by atoms with E-state index in [0.717, 1.165) is 45.2 Å². The van der Waals surface area contributed by atoms with Crippen LogP contribution in [0.2, 0.25) is 0 Å². The highest BCUT2D eigenvalue weighted by atomic mass is 127. The Balaban J connectivity index is 0.00000338. The first-order chi connectivity index (χ1) is 12.1. The Kier molecular flexibility index (Phi) is 11.2. The Morgan fingerprint density at radius 2 is 2.12 bits per heavy atom. The first kappa shape index (κ1) is 23.2. The molecule has 0 saturated carbocycles. The van der Waals surface area contributed by atoms with Crippen molar-refractivity contribution >= 4 is 29.9 Å². The summed E-state index contributed by atoms with van der Waals surface area (Å²) >= 11 is 0. The van der Waals surface area contributed by atoms with Gasteiger partial charge in [-0.25, -0.2) is 0 Å². The lowest BCUT2D eigenvalue weighted by Crippen LogP contribution is -2.42. The lowest BCUT2D eigenvalue weighted by atomic mass is 10.1. The number of nitrogens with one attached hydrogen (secondary N) is 1. The standard InChI is InChI=1S/C20H34N4O.HI/c1-17(23(3)14-18-8-6-5-7-9-18)10-12-22-20(21-2)24-13-11-19(15-24)16-25-4;/h5-9,17,19H,10-16H2,1-4H3,(H,21,22);1H. The summed E-state index contributed by atoms with van der Waals surface area (Å²) in [7, 11) is 5.85. The minimum Gasteiger partial charge on any atom is -0.384 e. The van der Waals surface area contributed by atoms with Gasteiger partial charge in [0.1, 0.15) is 0 Å². The molecule has 148 valence electrons. The van der Waals surface area contributed by atoms with Gasteiger partial charge in [-0.3, -0.25) is 9.89 Å². The molecule has 1 aliphatic rings. The normalized spacial score (nSPS) is 18.7. The molecule has 0 aromatic heterocycles. The van der Waals surface area contributed by atoms with Crippen LogP contribution in [0.5, 0.6) is 0 Å². The Morgan fingerprint density at radius 3 is 2.77 bits per heavy atom. The molecule has 0 bridgehead atoms. The number of nitrogens with zero attached hydrogens (tertiary/aromatic N) is 3. The Bertz CT molecular complexity index is 526. The van der Waals surface area contributed by atoms with Crippen molar-refractivity contribution in [2.75, 3.05) is 47.4 Å². The zero-order chi connectivity index (χ0) is 18.1. The van der Waals surface area contributed by atoms with Crippen LogP contribution in [-0.4, -0.2) is 69.2 Å². The van der Waals surface area contributed by atoms with E-state index in [0.29, 0.717) is 12.0 Å². The molecule has 0 spiro atoms. The van der Waals surface area contributed by atoms with Crippen LogP contribution in [0.4, 0.5) is 0 Å².